The number of benzene rings is 1. The Balaban J connectivity index is 2.94. The number of hydrogen-bond donors (Lipinski definition) is 1. The monoisotopic (exact) mass is 209 g/mol. The van der Waals surface area contributed by atoms with Crippen molar-refractivity contribution in [1.82, 2.24) is 0 Å². The minimum atomic E-state index is 0.468. The van der Waals surface area contributed by atoms with Crippen LogP contribution in [-0.4, -0.2) is 6.54 Å². The molecular formula is C12H16ClN. The maximum absolute atomic E-state index is 6.14. The summed E-state index contributed by atoms with van der Waals surface area (Å²) in [4.78, 5) is 0. The van der Waals surface area contributed by atoms with Gasteiger partial charge in [-0.1, -0.05) is 49.7 Å². The topological polar surface area (TPSA) is 26.0 Å². The van der Waals surface area contributed by atoms with E-state index in [4.69, 9.17) is 17.3 Å². The molecule has 0 aliphatic carbocycles. The van der Waals surface area contributed by atoms with Gasteiger partial charge >= 0.3 is 0 Å². The van der Waals surface area contributed by atoms with Crippen LogP contribution in [-0.2, 0) is 0 Å². The van der Waals surface area contributed by atoms with E-state index < -0.39 is 0 Å². The van der Waals surface area contributed by atoms with E-state index in [1.807, 2.05) is 18.2 Å². The Morgan fingerprint density at radius 3 is 2.64 bits per heavy atom. The summed E-state index contributed by atoms with van der Waals surface area (Å²) in [6, 6.07) is 6.11. The van der Waals surface area contributed by atoms with Gasteiger partial charge in [0.2, 0.25) is 0 Å². The van der Waals surface area contributed by atoms with Crippen molar-refractivity contribution in [3.8, 4) is 0 Å². The molecule has 2 N–H and O–H groups in total. The van der Waals surface area contributed by atoms with Crippen molar-refractivity contribution >= 4 is 17.7 Å². The van der Waals surface area contributed by atoms with E-state index in [0.29, 0.717) is 12.5 Å². The molecule has 14 heavy (non-hydrogen) atoms. The molecule has 2 heteroatoms. The molecule has 0 saturated carbocycles. The second-order valence-corrected chi connectivity index (χ2v) is 3.98. The maximum Gasteiger partial charge on any atom is 0.0446 e. The maximum atomic E-state index is 6.14. The Hall–Kier alpha value is -0.790. The Morgan fingerprint density at radius 1 is 1.43 bits per heavy atom. The van der Waals surface area contributed by atoms with Gasteiger partial charge in [-0.25, -0.2) is 0 Å². The summed E-state index contributed by atoms with van der Waals surface area (Å²) >= 11 is 6.14. The van der Waals surface area contributed by atoms with E-state index in [2.05, 4.69) is 26.0 Å². The first-order chi connectivity index (χ1) is 6.65. The van der Waals surface area contributed by atoms with Crippen LogP contribution in [0.25, 0.3) is 6.08 Å². The smallest absolute Gasteiger partial charge is 0.0446 e. The van der Waals surface area contributed by atoms with Crippen LogP contribution in [0.3, 0.4) is 0 Å². The summed E-state index contributed by atoms with van der Waals surface area (Å²) in [6.07, 6.45) is 3.90. The highest BCUT2D eigenvalue weighted by Gasteiger charge is 2.04. The average Bonchev–Trinajstić information content (AvgIpc) is 2.14. The minimum Gasteiger partial charge on any atom is -0.327 e. The minimum absolute atomic E-state index is 0.468. The first kappa shape index (κ1) is 11.3. The van der Waals surface area contributed by atoms with Gasteiger partial charge in [-0.2, -0.15) is 0 Å². The van der Waals surface area contributed by atoms with Crippen LogP contribution in [0.15, 0.2) is 24.3 Å². The number of nitrogens with two attached hydrogens (primary N) is 1. The van der Waals surface area contributed by atoms with Crippen molar-refractivity contribution in [2.24, 2.45) is 5.73 Å². The first-order valence-corrected chi connectivity index (χ1v) is 5.19. The Bertz CT molecular complexity index is 329. The van der Waals surface area contributed by atoms with Crippen molar-refractivity contribution in [3.63, 3.8) is 0 Å². The zero-order chi connectivity index (χ0) is 10.6. The zero-order valence-electron chi connectivity index (χ0n) is 8.63. The summed E-state index contributed by atoms with van der Waals surface area (Å²) in [7, 11) is 0. The standard InChI is InChI=1S/C12H16ClN/c1-9(2)11-6-5-10(4-3-7-14)8-12(11)13/h3-6,8-9H,7,14H2,1-2H3/b4-3+. The quantitative estimate of drug-likeness (QED) is 0.811. The van der Waals surface area contributed by atoms with Crippen LogP contribution in [0, 0.1) is 0 Å². The lowest BCUT2D eigenvalue weighted by atomic mass is 10.0. The lowest BCUT2D eigenvalue weighted by Crippen LogP contribution is -1.92. The Labute approximate surface area is 90.6 Å². The Kier molecular flexibility index (Phi) is 4.18. The fraction of sp³-hybridized carbons (Fsp3) is 0.333. The largest absolute Gasteiger partial charge is 0.327 e. The number of rotatable bonds is 3. The van der Waals surface area contributed by atoms with Gasteiger partial charge in [0, 0.05) is 11.6 Å². The van der Waals surface area contributed by atoms with Crippen LogP contribution in [0.2, 0.25) is 5.02 Å². The van der Waals surface area contributed by atoms with Crippen LogP contribution in [0.5, 0.6) is 0 Å². The second-order valence-electron chi connectivity index (χ2n) is 3.57. The van der Waals surface area contributed by atoms with Gasteiger partial charge in [0.25, 0.3) is 0 Å². The molecule has 1 aromatic carbocycles. The molecule has 1 rings (SSSR count). The summed E-state index contributed by atoms with van der Waals surface area (Å²) < 4.78 is 0. The third-order valence-corrected chi connectivity index (χ3v) is 2.42. The molecule has 0 fully saturated rings. The molecule has 0 aliphatic rings. The number of halogens is 1. The molecule has 0 spiro atoms. The molecule has 0 aromatic heterocycles. The SMILES string of the molecule is CC(C)c1ccc(/C=C/CN)cc1Cl. The van der Waals surface area contributed by atoms with Crippen molar-refractivity contribution < 1.29 is 0 Å². The third-order valence-electron chi connectivity index (χ3n) is 2.09. The molecular weight excluding hydrogens is 194 g/mol. The van der Waals surface area contributed by atoms with Crippen molar-refractivity contribution in [1.29, 1.82) is 0 Å². The third kappa shape index (κ3) is 2.86. The van der Waals surface area contributed by atoms with Gasteiger partial charge in [0.05, 0.1) is 0 Å². The van der Waals surface area contributed by atoms with Gasteiger partial charge in [-0.3, -0.25) is 0 Å². The molecule has 1 aromatic rings. The molecule has 76 valence electrons. The van der Waals surface area contributed by atoms with E-state index in [1.54, 1.807) is 0 Å². The lowest BCUT2D eigenvalue weighted by molar-refractivity contribution is 0.867. The molecule has 0 atom stereocenters. The van der Waals surface area contributed by atoms with Crippen molar-refractivity contribution in [2.75, 3.05) is 6.54 Å². The molecule has 0 saturated heterocycles. The molecule has 0 unspecified atom stereocenters. The molecule has 0 bridgehead atoms. The molecule has 0 heterocycles. The van der Waals surface area contributed by atoms with Gasteiger partial charge in [-0.15, -0.1) is 0 Å². The predicted octanol–water partition coefficient (Wildman–Crippen LogP) is 3.44. The number of hydrogen-bond acceptors (Lipinski definition) is 1. The summed E-state index contributed by atoms with van der Waals surface area (Å²) in [5, 5.41) is 0.833. The van der Waals surface area contributed by atoms with E-state index in [9.17, 15) is 0 Å². The van der Waals surface area contributed by atoms with Crippen LogP contribution in [0.4, 0.5) is 0 Å². The van der Waals surface area contributed by atoms with Gasteiger partial charge in [0.1, 0.15) is 0 Å². The average molecular weight is 210 g/mol. The lowest BCUT2D eigenvalue weighted by Gasteiger charge is -2.08. The zero-order valence-corrected chi connectivity index (χ0v) is 9.38. The predicted molar refractivity (Wildman–Crippen MR) is 63.6 cm³/mol. The summed E-state index contributed by atoms with van der Waals surface area (Å²) in [5.41, 5.74) is 7.67. The van der Waals surface area contributed by atoms with Crippen LogP contribution in [0.1, 0.15) is 30.9 Å². The first-order valence-electron chi connectivity index (χ1n) is 4.81. The van der Waals surface area contributed by atoms with E-state index >= 15 is 0 Å². The Morgan fingerprint density at radius 2 is 2.14 bits per heavy atom. The highest BCUT2D eigenvalue weighted by Crippen LogP contribution is 2.25. The highest BCUT2D eigenvalue weighted by molar-refractivity contribution is 6.31. The van der Waals surface area contributed by atoms with E-state index in [0.717, 1.165) is 10.6 Å². The molecule has 1 nitrogen and oxygen atoms in total. The molecule has 0 aliphatic heterocycles. The molecule has 0 radical (unpaired) electrons. The fourth-order valence-electron chi connectivity index (χ4n) is 1.32. The van der Waals surface area contributed by atoms with Crippen LogP contribution < -0.4 is 5.73 Å². The van der Waals surface area contributed by atoms with Gasteiger partial charge in [-0.05, 0) is 23.1 Å². The van der Waals surface area contributed by atoms with Gasteiger partial charge in [0.15, 0.2) is 0 Å². The molecule has 0 amide bonds. The van der Waals surface area contributed by atoms with Crippen LogP contribution >= 0.6 is 11.6 Å². The summed E-state index contributed by atoms with van der Waals surface area (Å²) in [5.74, 6) is 0.468. The van der Waals surface area contributed by atoms with Crippen molar-refractivity contribution in [3.05, 3.63) is 40.4 Å². The van der Waals surface area contributed by atoms with Gasteiger partial charge < -0.3 is 5.73 Å². The van der Waals surface area contributed by atoms with E-state index in [-0.39, 0.29) is 0 Å². The normalized spacial score (nSPS) is 11.5. The summed E-state index contributed by atoms with van der Waals surface area (Å²) in [6.45, 7) is 4.83. The highest BCUT2D eigenvalue weighted by atomic mass is 35.5. The fourth-order valence-corrected chi connectivity index (χ4v) is 1.73. The van der Waals surface area contributed by atoms with Crippen molar-refractivity contribution in [2.45, 2.75) is 19.8 Å². The van der Waals surface area contributed by atoms with E-state index in [1.165, 1.54) is 5.56 Å². The second kappa shape index (κ2) is 5.18.